The van der Waals surface area contributed by atoms with Gasteiger partial charge in [0.2, 0.25) is 11.9 Å². The van der Waals surface area contributed by atoms with Crippen molar-refractivity contribution in [3.05, 3.63) is 57.5 Å². The molecule has 2 N–H and O–H groups in total. The molecule has 0 bridgehead atoms. The maximum absolute atomic E-state index is 13.0. The molecule has 3 aliphatic rings. The molecule has 0 radical (unpaired) electrons. The van der Waals surface area contributed by atoms with Gasteiger partial charge in [-0.25, -0.2) is 4.98 Å². The van der Waals surface area contributed by atoms with Crippen LogP contribution in [0.4, 0.5) is 5.95 Å². The minimum absolute atomic E-state index is 0.0702. The fourth-order valence-corrected chi connectivity index (χ4v) is 6.04. The van der Waals surface area contributed by atoms with Crippen LogP contribution in [0.1, 0.15) is 56.7 Å². The molecule has 2 fully saturated rings. The van der Waals surface area contributed by atoms with Gasteiger partial charge in [-0.15, -0.1) is 0 Å². The van der Waals surface area contributed by atoms with Crippen LogP contribution < -0.4 is 16.2 Å². The van der Waals surface area contributed by atoms with E-state index in [0.717, 1.165) is 30.5 Å². The molecule has 3 atom stereocenters. The molecule has 2 heterocycles. The summed E-state index contributed by atoms with van der Waals surface area (Å²) in [4.78, 5) is 31.0. The van der Waals surface area contributed by atoms with Gasteiger partial charge < -0.3 is 15.2 Å². The minimum Gasteiger partial charge on any atom is -0.591 e. The van der Waals surface area contributed by atoms with Gasteiger partial charge in [0.25, 0.3) is 5.56 Å². The van der Waals surface area contributed by atoms with Crippen molar-refractivity contribution in [2.24, 2.45) is 34.4 Å². The number of amides is 1. The Morgan fingerprint density at radius 1 is 1.27 bits per heavy atom. The quantitative estimate of drug-likeness (QED) is 0.494. The maximum Gasteiger partial charge on any atom is 0.270 e. The number of piperidine rings is 1. The molecule has 1 aromatic heterocycles. The van der Waals surface area contributed by atoms with Crippen LogP contribution in [0.2, 0.25) is 0 Å². The summed E-state index contributed by atoms with van der Waals surface area (Å²) in [7, 11) is 1.72. The van der Waals surface area contributed by atoms with E-state index in [0.29, 0.717) is 31.0 Å². The number of anilines is 1. The highest BCUT2D eigenvalue weighted by Gasteiger charge is 2.47. The number of fused-ring (bicyclic) bond motifs is 1. The summed E-state index contributed by atoms with van der Waals surface area (Å²) in [5.74, 6) is 5.88. The maximum atomic E-state index is 13.0. The Balaban J connectivity index is 1.36. The molecular weight excluding hydrogens is 486 g/mol. The minimum atomic E-state index is -1.34. The Bertz CT molecular complexity index is 1390. The summed E-state index contributed by atoms with van der Waals surface area (Å²) in [5.41, 5.74) is 8.58. The first-order valence-corrected chi connectivity index (χ1v) is 13.8. The fourth-order valence-electron chi connectivity index (χ4n) is 5.31. The van der Waals surface area contributed by atoms with E-state index in [1.807, 2.05) is 32.9 Å². The number of nitrogens with zero attached hydrogens (tertiary/aromatic N) is 4. The lowest BCUT2D eigenvalue weighted by Crippen LogP contribution is -2.46. The van der Waals surface area contributed by atoms with Gasteiger partial charge in [0.1, 0.15) is 27.4 Å². The van der Waals surface area contributed by atoms with Crippen LogP contribution in [0.25, 0.3) is 0 Å². The summed E-state index contributed by atoms with van der Waals surface area (Å²) < 4.78 is 19.0. The van der Waals surface area contributed by atoms with Crippen molar-refractivity contribution < 1.29 is 9.35 Å². The summed E-state index contributed by atoms with van der Waals surface area (Å²) in [6.07, 6.45) is 4.72. The smallest absolute Gasteiger partial charge is 0.270 e. The van der Waals surface area contributed by atoms with E-state index >= 15 is 0 Å². The normalized spacial score (nSPS) is 23.9. The van der Waals surface area contributed by atoms with Crippen LogP contribution in [0.15, 0.2) is 39.7 Å². The molecule has 2 aliphatic carbocycles. The molecule has 1 amide bonds. The van der Waals surface area contributed by atoms with Crippen molar-refractivity contribution in [3.63, 3.8) is 0 Å². The van der Waals surface area contributed by atoms with Gasteiger partial charge in [-0.3, -0.25) is 14.2 Å². The van der Waals surface area contributed by atoms with Gasteiger partial charge in [-0.1, -0.05) is 40.5 Å². The molecule has 1 spiro atoms. The second-order valence-electron chi connectivity index (χ2n) is 11.4. The zero-order chi connectivity index (χ0) is 26.5. The van der Waals surface area contributed by atoms with Gasteiger partial charge in [0.05, 0.1) is 12.1 Å². The first-order chi connectivity index (χ1) is 17.5. The largest absolute Gasteiger partial charge is 0.591 e. The summed E-state index contributed by atoms with van der Waals surface area (Å²) in [6, 6.07) is 8.30. The van der Waals surface area contributed by atoms with E-state index in [1.165, 1.54) is 11.8 Å². The first kappa shape index (κ1) is 25.6. The number of primary amides is 1. The number of rotatable bonds is 3. The van der Waals surface area contributed by atoms with Crippen molar-refractivity contribution in [2.45, 2.75) is 51.2 Å². The molecule has 1 saturated carbocycles. The molecule has 1 saturated heterocycles. The SMILES string of the molecule is Cn1c(N2CCC3(CC2)Cc2ccccc2C3=N[S+]([O-])C(C)(C)C)ncc(C#CC2CC2C(N)=O)c1=O. The number of hydrogen-bond donors (Lipinski definition) is 1. The average molecular weight is 520 g/mol. The first-order valence-electron chi connectivity index (χ1n) is 12.7. The predicted octanol–water partition coefficient (Wildman–Crippen LogP) is 2.35. The lowest BCUT2D eigenvalue weighted by Gasteiger charge is -2.40. The number of nitrogens with two attached hydrogens (primary N) is 1. The van der Waals surface area contributed by atoms with Crippen LogP contribution in [-0.4, -0.2) is 43.6 Å². The van der Waals surface area contributed by atoms with Crippen molar-refractivity contribution >= 4 is 28.9 Å². The van der Waals surface area contributed by atoms with Crippen molar-refractivity contribution in [2.75, 3.05) is 18.0 Å². The summed E-state index contributed by atoms with van der Waals surface area (Å²) in [5, 5.41) is 0. The van der Waals surface area contributed by atoms with Crippen molar-refractivity contribution in [1.29, 1.82) is 0 Å². The van der Waals surface area contributed by atoms with Gasteiger partial charge in [0, 0.05) is 37.0 Å². The highest BCUT2D eigenvalue weighted by atomic mass is 32.2. The molecule has 5 rings (SSSR count). The highest BCUT2D eigenvalue weighted by molar-refractivity contribution is 7.91. The number of aromatic nitrogens is 2. The molecule has 1 aromatic carbocycles. The number of hydrogen-bond acceptors (Lipinski definition) is 6. The zero-order valence-electron chi connectivity index (χ0n) is 21.8. The second kappa shape index (κ2) is 9.34. The molecular formula is C28H33N5O3S. The lowest BCUT2D eigenvalue weighted by atomic mass is 9.74. The van der Waals surface area contributed by atoms with E-state index in [4.69, 9.17) is 10.1 Å². The van der Waals surface area contributed by atoms with Crippen LogP contribution in [0, 0.1) is 29.1 Å². The number of carbonyl (C=O) groups is 1. The standard InChI is InChI=1S/C28H33N5O3S/c1-27(2,3)37(36)31-23-21-8-6-5-7-19(21)16-28(23)11-13-33(14-12-28)26-30-17-20(25(35)32(26)4)10-9-18-15-22(18)24(29)34/h5-8,17-18,22H,11-16H2,1-4H3,(H2,29,34). The molecule has 194 valence electrons. The van der Waals surface area contributed by atoms with Crippen LogP contribution in [-0.2, 0) is 29.6 Å². The third-order valence-corrected chi connectivity index (χ3v) is 9.09. The molecule has 1 aliphatic heterocycles. The monoisotopic (exact) mass is 519 g/mol. The van der Waals surface area contributed by atoms with Gasteiger partial charge in [-0.2, -0.15) is 0 Å². The van der Waals surface area contributed by atoms with Crippen LogP contribution in [0.5, 0.6) is 0 Å². The third kappa shape index (κ3) is 4.80. The lowest BCUT2D eigenvalue weighted by molar-refractivity contribution is -0.119. The molecule has 37 heavy (non-hydrogen) atoms. The molecule has 9 heteroatoms. The van der Waals surface area contributed by atoms with E-state index in [-0.39, 0.29) is 28.7 Å². The van der Waals surface area contributed by atoms with Crippen molar-refractivity contribution in [1.82, 2.24) is 9.55 Å². The molecule has 8 nitrogen and oxygen atoms in total. The van der Waals surface area contributed by atoms with Gasteiger partial charge in [-0.05, 0) is 52.0 Å². The Hall–Kier alpha value is -3.09. The molecule has 3 unspecified atom stereocenters. The topological polar surface area (TPSA) is 117 Å². The highest BCUT2D eigenvalue weighted by Crippen LogP contribution is 2.46. The second-order valence-corrected chi connectivity index (χ2v) is 13.3. The predicted molar refractivity (Wildman–Crippen MR) is 146 cm³/mol. The Morgan fingerprint density at radius 3 is 2.62 bits per heavy atom. The summed E-state index contributed by atoms with van der Waals surface area (Å²) >= 11 is -1.34. The van der Waals surface area contributed by atoms with E-state index < -0.39 is 16.1 Å². The Labute approximate surface area is 220 Å². The van der Waals surface area contributed by atoms with Crippen molar-refractivity contribution in [3.8, 4) is 11.8 Å². The van der Waals surface area contributed by atoms with Gasteiger partial charge >= 0.3 is 0 Å². The Kier molecular flexibility index (Phi) is 6.45. The Morgan fingerprint density at radius 2 is 1.97 bits per heavy atom. The van der Waals surface area contributed by atoms with Gasteiger partial charge in [0.15, 0.2) is 0 Å². The number of benzene rings is 1. The molecule has 2 aromatic rings. The van der Waals surface area contributed by atoms with Crippen LogP contribution in [0.3, 0.4) is 0 Å². The zero-order valence-corrected chi connectivity index (χ0v) is 22.6. The van der Waals surface area contributed by atoms with E-state index in [1.54, 1.807) is 11.6 Å². The van der Waals surface area contributed by atoms with E-state index in [2.05, 4.69) is 33.9 Å². The fraction of sp³-hybridized carbons (Fsp3) is 0.500. The van der Waals surface area contributed by atoms with Crippen LogP contribution >= 0.6 is 0 Å². The third-order valence-electron chi connectivity index (χ3n) is 7.70. The number of carbonyl (C=O) groups excluding carboxylic acids is 1. The average Bonchev–Trinajstić information content (AvgIpc) is 3.58. The van der Waals surface area contributed by atoms with E-state index in [9.17, 15) is 14.1 Å². The summed E-state index contributed by atoms with van der Waals surface area (Å²) in [6.45, 7) is 7.27.